The molecule has 120 valence electrons. The summed E-state index contributed by atoms with van der Waals surface area (Å²) in [4.78, 5) is 28.0. The third-order valence-corrected chi connectivity index (χ3v) is 4.64. The minimum Gasteiger partial charge on any atom is -0.479 e. The molecule has 1 heterocycles. The van der Waals surface area contributed by atoms with Crippen LogP contribution >= 0.6 is 11.6 Å². The van der Waals surface area contributed by atoms with E-state index in [2.05, 4.69) is 10.3 Å². The van der Waals surface area contributed by atoms with Crippen LogP contribution in [0.1, 0.15) is 37.7 Å². The number of carbonyl (C=O) groups excluding carboxylic acids is 1. The zero-order valence-corrected chi connectivity index (χ0v) is 13.5. The Labute approximate surface area is 133 Å². The Bertz CT molecular complexity index is 588. The number of nitrogens with zero attached hydrogens (tertiary/aromatic N) is 1. The molecule has 0 radical (unpaired) electrons. The van der Waals surface area contributed by atoms with Gasteiger partial charge in [-0.25, -0.2) is 9.78 Å². The Morgan fingerprint density at radius 1 is 1.50 bits per heavy atom. The highest BCUT2D eigenvalue weighted by molar-refractivity contribution is 6.30. The van der Waals surface area contributed by atoms with E-state index in [0.717, 1.165) is 0 Å². The third-order valence-electron chi connectivity index (χ3n) is 4.42. The molecule has 0 saturated heterocycles. The van der Waals surface area contributed by atoms with Gasteiger partial charge in [0.05, 0.1) is 11.1 Å². The molecule has 1 aliphatic rings. The summed E-state index contributed by atoms with van der Waals surface area (Å²) in [5.74, 6) is -1.61. The van der Waals surface area contributed by atoms with E-state index in [0.29, 0.717) is 11.6 Å². The highest BCUT2D eigenvalue weighted by Gasteiger charge is 2.66. The number of nitrogens with one attached hydrogen (secondary N) is 1. The first-order chi connectivity index (χ1) is 10.2. The van der Waals surface area contributed by atoms with Crippen molar-refractivity contribution in [3.05, 3.63) is 29.0 Å². The fraction of sp³-hybridized carbons (Fsp3) is 0.533. The van der Waals surface area contributed by atoms with E-state index in [1.807, 2.05) is 6.92 Å². The average molecular weight is 327 g/mol. The molecular formula is C15H19ClN2O4. The van der Waals surface area contributed by atoms with Gasteiger partial charge in [0, 0.05) is 24.6 Å². The largest absolute Gasteiger partial charge is 0.479 e. The zero-order valence-electron chi connectivity index (χ0n) is 12.7. The lowest BCUT2D eigenvalue weighted by atomic mass is 9.54. The van der Waals surface area contributed by atoms with Crippen LogP contribution in [0.4, 0.5) is 0 Å². The van der Waals surface area contributed by atoms with E-state index >= 15 is 0 Å². The summed E-state index contributed by atoms with van der Waals surface area (Å²) in [6, 6.07) is 2.99. The van der Waals surface area contributed by atoms with Crippen molar-refractivity contribution in [2.75, 3.05) is 6.61 Å². The monoisotopic (exact) mass is 326 g/mol. The molecule has 2 rings (SSSR count). The van der Waals surface area contributed by atoms with Crippen molar-refractivity contribution in [2.24, 2.45) is 5.41 Å². The molecule has 6 nitrogen and oxygen atoms in total. The normalized spacial score (nSPS) is 26.1. The van der Waals surface area contributed by atoms with Gasteiger partial charge in [-0.3, -0.25) is 4.79 Å². The Morgan fingerprint density at radius 2 is 2.18 bits per heavy atom. The molecule has 0 unspecified atom stereocenters. The maximum absolute atomic E-state index is 12.3. The topological polar surface area (TPSA) is 88.5 Å². The van der Waals surface area contributed by atoms with Crippen molar-refractivity contribution in [1.29, 1.82) is 0 Å². The highest BCUT2D eigenvalue weighted by Crippen LogP contribution is 2.51. The molecule has 22 heavy (non-hydrogen) atoms. The predicted molar refractivity (Wildman–Crippen MR) is 80.9 cm³/mol. The van der Waals surface area contributed by atoms with Crippen molar-refractivity contribution < 1.29 is 19.4 Å². The fourth-order valence-corrected chi connectivity index (χ4v) is 2.92. The van der Waals surface area contributed by atoms with E-state index in [1.54, 1.807) is 13.8 Å². The van der Waals surface area contributed by atoms with E-state index < -0.39 is 22.8 Å². The van der Waals surface area contributed by atoms with Crippen LogP contribution in [0, 0.1) is 5.41 Å². The van der Waals surface area contributed by atoms with Crippen LogP contribution in [0.3, 0.4) is 0 Å². The fourth-order valence-electron chi connectivity index (χ4n) is 2.80. The van der Waals surface area contributed by atoms with Gasteiger partial charge in [-0.15, -0.1) is 0 Å². The van der Waals surface area contributed by atoms with E-state index in [9.17, 15) is 14.7 Å². The van der Waals surface area contributed by atoms with Crippen LogP contribution in [0.2, 0.25) is 5.02 Å². The molecule has 1 fully saturated rings. The Hall–Kier alpha value is -1.66. The van der Waals surface area contributed by atoms with Gasteiger partial charge in [-0.05, 0) is 19.1 Å². The van der Waals surface area contributed by atoms with Crippen molar-refractivity contribution in [3.8, 4) is 0 Å². The molecule has 0 spiro atoms. The summed E-state index contributed by atoms with van der Waals surface area (Å²) in [5.41, 5.74) is -1.97. The van der Waals surface area contributed by atoms with Gasteiger partial charge < -0.3 is 15.2 Å². The van der Waals surface area contributed by atoms with Crippen LogP contribution in [0.5, 0.6) is 0 Å². The number of rotatable bonds is 5. The van der Waals surface area contributed by atoms with Gasteiger partial charge in [0.25, 0.3) is 5.91 Å². The number of aliphatic carboxylic acids is 1. The number of carboxylic acids is 1. The highest BCUT2D eigenvalue weighted by atomic mass is 35.5. The first-order valence-electron chi connectivity index (χ1n) is 7.03. The molecule has 0 bridgehead atoms. The summed E-state index contributed by atoms with van der Waals surface area (Å²) in [6.45, 7) is 5.91. The van der Waals surface area contributed by atoms with Gasteiger partial charge in [0.1, 0.15) is 11.2 Å². The van der Waals surface area contributed by atoms with Gasteiger partial charge in [-0.1, -0.05) is 25.4 Å². The van der Waals surface area contributed by atoms with Crippen LogP contribution < -0.4 is 5.32 Å². The van der Waals surface area contributed by atoms with Crippen molar-refractivity contribution >= 4 is 23.5 Å². The van der Waals surface area contributed by atoms with Crippen molar-refractivity contribution in [1.82, 2.24) is 10.3 Å². The summed E-state index contributed by atoms with van der Waals surface area (Å²) in [7, 11) is 0. The number of hydrogen-bond donors (Lipinski definition) is 2. The first-order valence-corrected chi connectivity index (χ1v) is 7.41. The van der Waals surface area contributed by atoms with E-state index in [-0.39, 0.29) is 18.2 Å². The number of pyridine rings is 1. The zero-order chi connectivity index (χ0) is 16.5. The predicted octanol–water partition coefficient (Wildman–Crippen LogP) is 2.12. The average Bonchev–Trinajstić information content (AvgIpc) is 2.46. The maximum atomic E-state index is 12.3. The number of carbonyl (C=O) groups is 2. The second kappa shape index (κ2) is 5.85. The van der Waals surface area contributed by atoms with E-state index in [4.69, 9.17) is 16.3 Å². The molecular weight excluding hydrogens is 308 g/mol. The Kier molecular flexibility index (Phi) is 4.44. The molecule has 0 aromatic carbocycles. The Balaban J connectivity index is 2.22. The second-order valence-corrected chi connectivity index (χ2v) is 6.33. The van der Waals surface area contributed by atoms with Gasteiger partial charge in [0.15, 0.2) is 0 Å². The number of carboxylic acid groups (broad SMARTS) is 1. The molecule has 2 atom stereocenters. The van der Waals surface area contributed by atoms with Crippen LogP contribution in [-0.4, -0.2) is 40.2 Å². The maximum Gasteiger partial charge on any atom is 0.330 e. The molecule has 1 aromatic heterocycles. The summed E-state index contributed by atoms with van der Waals surface area (Å²) in [5, 5.41) is 12.7. The minimum atomic E-state index is -1.37. The van der Waals surface area contributed by atoms with Gasteiger partial charge >= 0.3 is 5.97 Å². The lowest BCUT2D eigenvalue weighted by Gasteiger charge is -2.58. The molecule has 1 aliphatic carbocycles. The van der Waals surface area contributed by atoms with Crippen LogP contribution in [0.15, 0.2) is 18.3 Å². The lowest BCUT2D eigenvalue weighted by Crippen LogP contribution is -2.76. The summed E-state index contributed by atoms with van der Waals surface area (Å²) in [6.07, 6.45) is 1.36. The molecule has 7 heteroatoms. The molecule has 1 saturated carbocycles. The molecule has 0 aliphatic heterocycles. The third kappa shape index (κ3) is 2.57. The van der Waals surface area contributed by atoms with Crippen molar-refractivity contribution in [3.63, 3.8) is 0 Å². The quantitative estimate of drug-likeness (QED) is 0.865. The summed E-state index contributed by atoms with van der Waals surface area (Å²) >= 11 is 5.73. The summed E-state index contributed by atoms with van der Waals surface area (Å²) < 4.78 is 5.55. The minimum absolute atomic E-state index is 0.126. The smallest absolute Gasteiger partial charge is 0.330 e. The van der Waals surface area contributed by atoms with Gasteiger partial charge in [-0.2, -0.15) is 0 Å². The second-order valence-electron chi connectivity index (χ2n) is 5.90. The number of amides is 1. The van der Waals surface area contributed by atoms with Gasteiger partial charge in [0.2, 0.25) is 0 Å². The molecule has 1 aromatic rings. The van der Waals surface area contributed by atoms with Crippen LogP contribution in [0.25, 0.3) is 0 Å². The standard InChI is InChI=1S/C15H19ClN2O4/c1-4-22-11-7-15(13(20)21,14(11,2)3)18-12(19)10-6-5-9(16)8-17-10/h5-6,8,11H,4,7H2,1-3H3,(H,18,19)(H,20,21)/t11-,15+/m0/s1. The number of ether oxygens (including phenoxy) is 1. The first kappa shape index (κ1) is 16.7. The number of aromatic nitrogens is 1. The number of hydrogen-bond acceptors (Lipinski definition) is 4. The van der Waals surface area contributed by atoms with Crippen molar-refractivity contribution in [2.45, 2.75) is 38.8 Å². The van der Waals surface area contributed by atoms with E-state index in [1.165, 1.54) is 18.3 Å². The number of halogens is 1. The molecule has 1 amide bonds. The lowest BCUT2D eigenvalue weighted by molar-refractivity contribution is -0.190. The Morgan fingerprint density at radius 3 is 2.64 bits per heavy atom. The van der Waals surface area contributed by atoms with Crippen LogP contribution in [-0.2, 0) is 9.53 Å². The SMILES string of the molecule is CCO[C@H]1C[C@@](NC(=O)c2ccc(Cl)cn2)(C(=O)O)C1(C)C. The molecule has 2 N–H and O–H groups in total.